The van der Waals surface area contributed by atoms with Crippen LogP contribution in [0.2, 0.25) is 5.22 Å². The van der Waals surface area contributed by atoms with Crippen molar-refractivity contribution >= 4 is 11.6 Å². The van der Waals surface area contributed by atoms with E-state index in [2.05, 4.69) is 4.42 Å². The molecule has 0 aliphatic rings. The zero-order chi connectivity index (χ0) is 7.56. The molecule has 0 aliphatic carbocycles. The van der Waals surface area contributed by atoms with Gasteiger partial charge in [-0.25, -0.2) is 4.79 Å². The second kappa shape index (κ2) is 2.88. The maximum absolute atomic E-state index is 10.5. The van der Waals surface area contributed by atoms with Gasteiger partial charge in [0.2, 0.25) is 5.22 Å². The number of rotatable bonds is 1. The zero-order valence-electron chi connectivity index (χ0n) is 5.56. The fourth-order valence-corrected chi connectivity index (χ4v) is 0.952. The number of halogens is 1. The lowest BCUT2D eigenvalue weighted by Gasteiger charge is -1.94. The summed E-state index contributed by atoms with van der Waals surface area (Å²) in [5.41, 5.74) is 0.462. The molecule has 1 aromatic heterocycles. The summed E-state index contributed by atoms with van der Waals surface area (Å²) in [4.78, 5) is 10.5. The smallest absolute Gasteiger partial charge is 0.337 e. The van der Waals surface area contributed by atoms with E-state index in [-0.39, 0.29) is 5.22 Å². The largest absolute Gasteiger partial charge is 0.411 e. The van der Waals surface area contributed by atoms with Crippen LogP contribution < -0.4 is 5.63 Å². The highest BCUT2D eigenvalue weighted by Crippen LogP contribution is 2.12. The van der Waals surface area contributed by atoms with Crippen LogP contribution in [0.3, 0.4) is 0 Å². The van der Waals surface area contributed by atoms with Crippen molar-refractivity contribution in [3.05, 3.63) is 33.3 Å². The summed E-state index contributed by atoms with van der Waals surface area (Å²) in [6, 6.07) is 3.04. The summed E-state index contributed by atoms with van der Waals surface area (Å²) in [7, 11) is 0. The number of aryl methyl sites for hydroxylation is 1. The highest BCUT2D eigenvalue weighted by atomic mass is 35.5. The molecule has 0 fully saturated rings. The van der Waals surface area contributed by atoms with E-state index in [4.69, 9.17) is 11.6 Å². The maximum atomic E-state index is 10.5. The quantitative estimate of drug-likeness (QED) is 0.625. The third-order valence-corrected chi connectivity index (χ3v) is 1.56. The van der Waals surface area contributed by atoms with Gasteiger partial charge in [-0.3, -0.25) is 0 Å². The molecule has 1 heterocycles. The molecule has 0 saturated heterocycles. The summed E-state index contributed by atoms with van der Waals surface area (Å²) in [6.45, 7) is 1.95. The first kappa shape index (κ1) is 7.35. The molecule has 2 nitrogen and oxygen atoms in total. The molecule has 0 saturated carbocycles. The predicted octanol–water partition coefficient (Wildman–Crippen LogP) is 1.86. The molecule has 0 unspecified atom stereocenters. The Bertz CT molecular complexity index is 277. The molecular weight excluding hydrogens is 152 g/mol. The summed E-state index contributed by atoms with van der Waals surface area (Å²) in [5, 5.41) is 0.204. The topological polar surface area (TPSA) is 30.2 Å². The van der Waals surface area contributed by atoms with E-state index in [1.54, 1.807) is 6.07 Å². The average Bonchev–Trinajstić information content (AvgIpc) is 1.88. The van der Waals surface area contributed by atoms with Gasteiger partial charge in [0.1, 0.15) is 0 Å². The zero-order valence-corrected chi connectivity index (χ0v) is 6.31. The Hall–Kier alpha value is -0.760. The van der Waals surface area contributed by atoms with E-state index in [0.29, 0.717) is 0 Å². The molecule has 0 spiro atoms. The Morgan fingerprint density at radius 3 is 2.80 bits per heavy atom. The van der Waals surface area contributed by atoms with Crippen LogP contribution >= 0.6 is 11.6 Å². The Morgan fingerprint density at radius 1 is 1.60 bits per heavy atom. The van der Waals surface area contributed by atoms with Gasteiger partial charge in [0.25, 0.3) is 0 Å². The molecule has 54 valence electrons. The van der Waals surface area contributed by atoms with Crippen LogP contribution in [0.5, 0.6) is 0 Å². The first-order valence-electron chi connectivity index (χ1n) is 3.02. The van der Waals surface area contributed by atoms with Crippen LogP contribution in [0.1, 0.15) is 12.5 Å². The lowest BCUT2D eigenvalue weighted by atomic mass is 10.2. The van der Waals surface area contributed by atoms with Crippen molar-refractivity contribution in [3.63, 3.8) is 0 Å². The minimum atomic E-state index is -0.401. The lowest BCUT2D eigenvalue weighted by Crippen LogP contribution is -1.96. The Balaban J connectivity index is 3.19. The molecule has 0 amide bonds. The van der Waals surface area contributed by atoms with E-state index < -0.39 is 5.63 Å². The van der Waals surface area contributed by atoms with Gasteiger partial charge < -0.3 is 4.42 Å². The van der Waals surface area contributed by atoms with E-state index in [9.17, 15) is 4.79 Å². The fourth-order valence-electron chi connectivity index (χ4n) is 0.679. The van der Waals surface area contributed by atoms with Gasteiger partial charge in [0.05, 0.1) is 0 Å². The number of hydrogen-bond donors (Lipinski definition) is 0. The molecular formula is C7H7ClO2. The van der Waals surface area contributed by atoms with Gasteiger partial charge >= 0.3 is 5.63 Å². The normalized spacial score (nSPS) is 9.80. The van der Waals surface area contributed by atoms with Crippen molar-refractivity contribution in [1.29, 1.82) is 0 Å². The molecule has 10 heavy (non-hydrogen) atoms. The van der Waals surface area contributed by atoms with Crippen LogP contribution in [0.25, 0.3) is 0 Å². The summed E-state index contributed by atoms with van der Waals surface area (Å²) >= 11 is 5.56. The van der Waals surface area contributed by atoms with E-state index >= 15 is 0 Å². The minimum Gasteiger partial charge on any atom is -0.411 e. The molecule has 1 rings (SSSR count). The minimum absolute atomic E-state index is 0.204. The molecule has 3 heteroatoms. The highest BCUT2D eigenvalue weighted by molar-refractivity contribution is 6.29. The predicted molar refractivity (Wildman–Crippen MR) is 39.4 cm³/mol. The Kier molecular flexibility index (Phi) is 2.12. The maximum Gasteiger partial charge on any atom is 0.337 e. The van der Waals surface area contributed by atoms with Gasteiger partial charge in [-0.15, -0.1) is 0 Å². The Labute approximate surface area is 63.4 Å². The van der Waals surface area contributed by atoms with Crippen LogP contribution in [0.15, 0.2) is 21.3 Å². The van der Waals surface area contributed by atoms with Crippen LogP contribution in [-0.2, 0) is 6.42 Å². The Morgan fingerprint density at radius 2 is 2.30 bits per heavy atom. The summed E-state index contributed by atoms with van der Waals surface area (Å²) in [5.74, 6) is 0. The van der Waals surface area contributed by atoms with E-state index in [1.807, 2.05) is 6.92 Å². The second-order valence-corrected chi connectivity index (χ2v) is 2.25. The van der Waals surface area contributed by atoms with Crippen molar-refractivity contribution in [2.45, 2.75) is 13.3 Å². The SMILES string of the molecule is CCc1ccc(=O)oc1Cl. The van der Waals surface area contributed by atoms with Gasteiger partial charge in [0.15, 0.2) is 0 Å². The highest BCUT2D eigenvalue weighted by Gasteiger charge is 1.98. The van der Waals surface area contributed by atoms with Crippen LogP contribution in [0.4, 0.5) is 0 Å². The van der Waals surface area contributed by atoms with Gasteiger partial charge in [-0.1, -0.05) is 6.92 Å². The average molecular weight is 159 g/mol. The third kappa shape index (κ3) is 1.39. The molecule has 0 atom stereocenters. The van der Waals surface area contributed by atoms with Crippen molar-refractivity contribution in [2.24, 2.45) is 0 Å². The molecule has 0 radical (unpaired) electrons. The van der Waals surface area contributed by atoms with Crippen molar-refractivity contribution in [1.82, 2.24) is 0 Å². The van der Waals surface area contributed by atoms with E-state index in [0.717, 1.165) is 12.0 Å². The van der Waals surface area contributed by atoms with Gasteiger partial charge in [-0.05, 0) is 24.1 Å². The van der Waals surface area contributed by atoms with E-state index in [1.165, 1.54) is 6.07 Å². The third-order valence-electron chi connectivity index (χ3n) is 1.24. The summed E-state index contributed by atoms with van der Waals surface area (Å²) in [6.07, 6.45) is 0.780. The lowest BCUT2D eigenvalue weighted by molar-refractivity contribution is 0.506. The van der Waals surface area contributed by atoms with Gasteiger partial charge in [0, 0.05) is 11.6 Å². The van der Waals surface area contributed by atoms with Crippen molar-refractivity contribution in [3.8, 4) is 0 Å². The van der Waals surface area contributed by atoms with Crippen LogP contribution in [-0.4, -0.2) is 0 Å². The van der Waals surface area contributed by atoms with Crippen molar-refractivity contribution < 1.29 is 4.42 Å². The molecule has 0 bridgehead atoms. The summed E-state index contributed by atoms with van der Waals surface area (Å²) < 4.78 is 4.61. The fraction of sp³-hybridized carbons (Fsp3) is 0.286. The first-order valence-corrected chi connectivity index (χ1v) is 3.40. The van der Waals surface area contributed by atoms with Crippen molar-refractivity contribution in [2.75, 3.05) is 0 Å². The molecule has 1 aromatic rings. The standard InChI is InChI=1S/C7H7ClO2/c1-2-5-3-4-6(9)10-7(5)8/h3-4H,2H2,1H3. The molecule has 0 aliphatic heterocycles. The monoisotopic (exact) mass is 158 g/mol. The molecule has 0 N–H and O–H groups in total. The first-order chi connectivity index (χ1) is 4.74. The second-order valence-electron chi connectivity index (χ2n) is 1.91. The van der Waals surface area contributed by atoms with Gasteiger partial charge in [-0.2, -0.15) is 0 Å². The molecule has 0 aromatic carbocycles. The number of hydrogen-bond acceptors (Lipinski definition) is 2. The van der Waals surface area contributed by atoms with Crippen LogP contribution in [0, 0.1) is 0 Å².